The Hall–Kier alpha value is -1.35. The molecule has 1 saturated heterocycles. The summed E-state index contributed by atoms with van der Waals surface area (Å²) in [5, 5.41) is 0. The maximum absolute atomic E-state index is 12.0. The molecule has 2 N–H and O–H groups in total. The van der Waals surface area contributed by atoms with E-state index in [1.54, 1.807) is 0 Å². The van der Waals surface area contributed by atoms with Gasteiger partial charge in [0.1, 0.15) is 0 Å². The molecule has 3 nitrogen and oxygen atoms in total. The first-order valence-electron chi connectivity index (χ1n) is 7.66. The minimum absolute atomic E-state index is 0.0514. The summed E-state index contributed by atoms with van der Waals surface area (Å²) in [6.07, 6.45) is 2.54. The number of rotatable bonds is 5. The number of hydrogen-bond acceptors (Lipinski definition) is 2. The molecule has 110 valence electrons. The van der Waals surface area contributed by atoms with E-state index in [1.165, 1.54) is 11.1 Å². The van der Waals surface area contributed by atoms with Crippen LogP contribution in [0.5, 0.6) is 0 Å². The molecule has 2 rings (SSSR count). The van der Waals surface area contributed by atoms with Gasteiger partial charge in [0.25, 0.3) is 0 Å². The lowest BCUT2D eigenvalue weighted by molar-refractivity contribution is -0.129. The number of nitrogens with two attached hydrogens (primary N) is 1. The van der Waals surface area contributed by atoms with E-state index in [2.05, 4.69) is 45.0 Å². The molecule has 1 aliphatic rings. The Morgan fingerprint density at radius 1 is 1.30 bits per heavy atom. The van der Waals surface area contributed by atoms with Gasteiger partial charge in [0.2, 0.25) is 5.91 Å². The van der Waals surface area contributed by atoms with Crippen molar-refractivity contribution in [3.05, 3.63) is 35.4 Å². The van der Waals surface area contributed by atoms with Gasteiger partial charge in [0.15, 0.2) is 0 Å². The predicted octanol–water partition coefficient (Wildman–Crippen LogP) is 2.90. The van der Waals surface area contributed by atoms with Crippen molar-refractivity contribution in [1.82, 2.24) is 4.90 Å². The zero-order chi connectivity index (χ0) is 14.7. The van der Waals surface area contributed by atoms with Crippen LogP contribution in [-0.2, 0) is 11.2 Å². The molecule has 1 aliphatic heterocycles. The van der Waals surface area contributed by atoms with Gasteiger partial charge in [-0.3, -0.25) is 4.79 Å². The number of carbonyl (C=O) groups excluding carboxylic acids is 1. The van der Waals surface area contributed by atoms with Crippen LogP contribution in [0.2, 0.25) is 0 Å². The van der Waals surface area contributed by atoms with E-state index >= 15 is 0 Å². The van der Waals surface area contributed by atoms with Gasteiger partial charge >= 0.3 is 0 Å². The van der Waals surface area contributed by atoms with Crippen molar-refractivity contribution in [2.45, 2.75) is 52.1 Å². The summed E-state index contributed by atoms with van der Waals surface area (Å²) >= 11 is 0. The Morgan fingerprint density at radius 2 is 1.95 bits per heavy atom. The minimum Gasteiger partial charge on any atom is -0.334 e. The maximum Gasteiger partial charge on any atom is 0.224 e. The Labute approximate surface area is 122 Å². The fourth-order valence-electron chi connectivity index (χ4n) is 3.07. The van der Waals surface area contributed by atoms with Crippen LogP contribution in [0.1, 0.15) is 50.8 Å². The van der Waals surface area contributed by atoms with Crippen LogP contribution >= 0.6 is 0 Å². The van der Waals surface area contributed by atoms with Crippen LogP contribution in [0.25, 0.3) is 0 Å². The molecule has 1 aromatic rings. The maximum atomic E-state index is 12.0. The molecule has 0 spiro atoms. The van der Waals surface area contributed by atoms with Crippen LogP contribution in [0.3, 0.4) is 0 Å². The Kier molecular flexibility index (Phi) is 4.81. The fraction of sp³-hybridized carbons (Fsp3) is 0.588. The summed E-state index contributed by atoms with van der Waals surface area (Å²) in [5.41, 5.74) is 8.70. The number of likely N-dealkylation sites (tertiary alicyclic amines) is 1. The summed E-state index contributed by atoms with van der Waals surface area (Å²) in [6.45, 7) is 7.34. The third-order valence-corrected chi connectivity index (χ3v) is 3.90. The van der Waals surface area contributed by atoms with Crippen molar-refractivity contribution in [3.8, 4) is 0 Å². The molecule has 0 aliphatic carbocycles. The van der Waals surface area contributed by atoms with Crippen molar-refractivity contribution >= 4 is 5.91 Å². The highest BCUT2D eigenvalue weighted by atomic mass is 16.2. The molecule has 20 heavy (non-hydrogen) atoms. The van der Waals surface area contributed by atoms with Crippen molar-refractivity contribution in [3.63, 3.8) is 0 Å². The number of nitrogens with zero attached hydrogens (tertiary/aromatic N) is 1. The molecule has 0 radical (unpaired) electrons. The quantitative estimate of drug-likeness (QED) is 0.897. The van der Waals surface area contributed by atoms with Gasteiger partial charge in [0, 0.05) is 19.0 Å². The third kappa shape index (κ3) is 3.21. The second-order valence-electron chi connectivity index (χ2n) is 6.24. The number of carbonyl (C=O) groups is 1. The highest BCUT2D eigenvalue weighted by Gasteiger charge is 2.37. The van der Waals surface area contributed by atoms with Gasteiger partial charge in [-0.2, -0.15) is 0 Å². The van der Waals surface area contributed by atoms with Gasteiger partial charge in [-0.05, 0) is 29.9 Å². The van der Waals surface area contributed by atoms with E-state index in [-0.39, 0.29) is 18.0 Å². The van der Waals surface area contributed by atoms with Crippen LogP contribution in [0.15, 0.2) is 24.3 Å². The van der Waals surface area contributed by atoms with Crippen molar-refractivity contribution in [2.75, 3.05) is 6.54 Å². The molecule has 0 saturated carbocycles. The molecule has 2 atom stereocenters. The molecular formula is C17H26N2O. The summed E-state index contributed by atoms with van der Waals surface area (Å²) in [5.74, 6) is 0.850. The first-order valence-corrected chi connectivity index (χ1v) is 7.66. The van der Waals surface area contributed by atoms with Gasteiger partial charge in [-0.25, -0.2) is 0 Å². The summed E-state index contributed by atoms with van der Waals surface area (Å²) < 4.78 is 0. The molecule has 3 heteroatoms. The summed E-state index contributed by atoms with van der Waals surface area (Å²) in [7, 11) is 0. The Morgan fingerprint density at radius 3 is 2.50 bits per heavy atom. The van der Waals surface area contributed by atoms with Crippen LogP contribution in [-0.4, -0.2) is 23.4 Å². The second kappa shape index (κ2) is 6.40. The normalized spacial score (nSPS) is 22.9. The predicted molar refractivity (Wildman–Crippen MR) is 82.3 cm³/mol. The third-order valence-electron chi connectivity index (χ3n) is 3.90. The largest absolute Gasteiger partial charge is 0.334 e. The SMILES string of the molecule is CCCN1C(=O)CC(N)C1c1ccc(CC(C)C)cc1. The van der Waals surface area contributed by atoms with E-state index < -0.39 is 0 Å². The zero-order valence-electron chi connectivity index (χ0n) is 12.8. The van der Waals surface area contributed by atoms with E-state index in [0.29, 0.717) is 12.3 Å². The Balaban J connectivity index is 2.18. The molecule has 1 amide bonds. The molecule has 0 aromatic heterocycles. The first kappa shape index (κ1) is 15.0. The molecule has 2 unspecified atom stereocenters. The van der Waals surface area contributed by atoms with Crippen LogP contribution in [0.4, 0.5) is 0 Å². The van der Waals surface area contributed by atoms with E-state index in [1.807, 2.05) is 4.90 Å². The van der Waals surface area contributed by atoms with Crippen LogP contribution < -0.4 is 5.73 Å². The summed E-state index contributed by atoms with van der Waals surface area (Å²) in [4.78, 5) is 14.0. The second-order valence-corrected chi connectivity index (χ2v) is 6.24. The number of amides is 1. The van der Waals surface area contributed by atoms with Gasteiger partial charge < -0.3 is 10.6 Å². The highest BCUT2D eigenvalue weighted by Crippen LogP contribution is 2.32. The Bertz CT molecular complexity index is 453. The molecule has 1 aromatic carbocycles. The lowest BCUT2D eigenvalue weighted by atomic mass is 9.96. The number of hydrogen-bond donors (Lipinski definition) is 1. The molecule has 1 heterocycles. The van der Waals surface area contributed by atoms with Crippen molar-refractivity contribution in [1.29, 1.82) is 0 Å². The molecular weight excluding hydrogens is 248 g/mol. The average molecular weight is 274 g/mol. The topological polar surface area (TPSA) is 46.3 Å². The van der Waals surface area contributed by atoms with Gasteiger partial charge in [-0.1, -0.05) is 45.0 Å². The van der Waals surface area contributed by atoms with Gasteiger partial charge in [0.05, 0.1) is 6.04 Å². The highest BCUT2D eigenvalue weighted by molar-refractivity contribution is 5.80. The fourth-order valence-corrected chi connectivity index (χ4v) is 3.07. The van der Waals surface area contributed by atoms with Crippen molar-refractivity contribution < 1.29 is 4.79 Å². The van der Waals surface area contributed by atoms with E-state index in [0.717, 1.165) is 19.4 Å². The summed E-state index contributed by atoms with van der Waals surface area (Å²) in [6, 6.07) is 8.61. The first-order chi connectivity index (χ1) is 9.52. The van der Waals surface area contributed by atoms with E-state index in [4.69, 9.17) is 5.73 Å². The van der Waals surface area contributed by atoms with Crippen molar-refractivity contribution in [2.24, 2.45) is 11.7 Å². The molecule has 1 fully saturated rings. The average Bonchev–Trinajstić information content (AvgIpc) is 2.65. The monoisotopic (exact) mass is 274 g/mol. The smallest absolute Gasteiger partial charge is 0.224 e. The standard InChI is InChI=1S/C17H26N2O/c1-4-9-19-16(20)11-15(18)17(19)14-7-5-13(6-8-14)10-12(2)3/h5-8,12,15,17H,4,9-11,18H2,1-3H3. The van der Waals surface area contributed by atoms with Gasteiger partial charge in [-0.15, -0.1) is 0 Å². The lowest BCUT2D eigenvalue weighted by Crippen LogP contribution is -2.33. The lowest BCUT2D eigenvalue weighted by Gasteiger charge is -2.27. The molecule has 0 bridgehead atoms. The van der Waals surface area contributed by atoms with E-state index in [9.17, 15) is 4.79 Å². The number of benzene rings is 1. The minimum atomic E-state index is -0.0787. The zero-order valence-corrected chi connectivity index (χ0v) is 12.8. The van der Waals surface area contributed by atoms with Crippen LogP contribution in [0, 0.1) is 5.92 Å².